The van der Waals surface area contributed by atoms with Crippen molar-refractivity contribution < 1.29 is 13.2 Å². The Morgan fingerprint density at radius 3 is 1.94 bits per heavy atom. The molecule has 0 unspecified atom stereocenters. The Balaban J connectivity index is 1.65. The molecule has 1 amide bonds. The first kappa shape index (κ1) is 20.8. The highest BCUT2D eigenvalue weighted by Gasteiger charge is 2.20. The molecule has 1 aromatic heterocycles. The molecule has 0 spiro atoms. The van der Waals surface area contributed by atoms with Crippen LogP contribution < -0.4 is 10.0 Å². The zero-order valence-corrected chi connectivity index (χ0v) is 18.2. The molecule has 4 rings (SSSR count). The fourth-order valence-corrected chi connectivity index (χ4v) is 4.55. The zero-order valence-electron chi connectivity index (χ0n) is 16.6. The summed E-state index contributed by atoms with van der Waals surface area (Å²) in [5.41, 5.74) is 3.41. The number of rotatable bonds is 6. The van der Waals surface area contributed by atoms with Crippen LogP contribution in [-0.2, 0) is 10.0 Å². The number of sulfonamides is 1. The van der Waals surface area contributed by atoms with Crippen LogP contribution in [0.5, 0.6) is 0 Å². The third-order valence-corrected chi connectivity index (χ3v) is 6.06. The van der Waals surface area contributed by atoms with Crippen LogP contribution in [0.3, 0.4) is 0 Å². The van der Waals surface area contributed by atoms with Crippen molar-refractivity contribution in [2.75, 3.05) is 16.3 Å². The van der Waals surface area contributed by atoms with Crippen molar-refractivity contribution in [3.8, 4) is 21.8 Å². The van der Waals surface area contributed by atoms with E-state index in [0.29, 0.717) is 21.9 Å². The highest BCUT2D eigenvalue weighted by Crippen LogP contribution is 2.34. The van der Waals surface area contributed by atoms with Gasteiger partial charge in [0.15, 0.2) is 0 Å². The van der Waals surface area contributed by atoms with Crippen LogP contribution in [0, 0.1) is 0 Å². The minimum atomic E-state index is -3.36. The SMILES string of the molecule is CS(=O)(=O)Nc1ccc(NC(=O)c2sc(-c3ccccc3)nc2-c2ccccc2)cc1. The molecule has 8 heteroatoms. The van der Waals surface area contributed by atoms with Gasteiger partial charge in [-0.1, -0.05) is 60.7 Å². The van der Waals surface area contributed by atoms with Gasteiger partial charge in [-0.2, -0.15) is 0 Å². The number of thiazole rings is 1. The highest BCUT2D eigenvalue weighted by atomic mass is 32.2. The number of aromatic nitrogens is 1. The van der Waals surface area contributed by atoms with E-state index in [9.17, 15) is 13.2 Å². The largest absolute Gasteiger partial charge is 0.321 e. The lowest BCUT2D eigenvalue weighted by Gasteiger charge is -2.07. The second kappa shape index (κ2) is 8.71. The number of benzene rings is 3. The van der Waals surface area contributed by atoms with Crippen LogP contribution >= 0.6 is 11.3 Å². The number of amides is 1. The fourth-order valence-electron chi connectivity index (χ4n) is 2.99. The third kappa shape index (κ3) is 5.17. The number of hydrogen-bond acceptors (Lipinski definition) is 5. The summed E-state index contributed by atoms with van der Waals surface area (Å²) in [6.07, 6.45) is 1.09. The van der Waals surface area contributed by atoms with E-state index in [1.165, 1.54) is 11.3 Å². The summed E-state index contributed by atoms with van der Waals surface area (Å²) >= 11 is 1.33. The maximum atomic E-state index is 13.1. The van der Waals surface area contributed by atoms with Crippen LogP contribution in [0.15, 0.2) is 84.9 Å². The average molecular weight is 450 g/mol. The van der Waals surface area contributed by atoms with E-state index in [0.717, 1.165) is 22.4 Å². The molecule has 31 heavy (non-hydrogen) atoms. The molecule has 0 aliphatic rings. The van der Waals surface area contributed by atoms with Gasteiger partial charge in [0.1, 0.15) is 9.88 Å². The molecule has 0 saturated carbocycles. The van der Waals surface area contributed by atoms with Crippen molar-refractivity contribution in [1.29, 1.82) is 0 Å². The Bertz CT molecular complexity index is 1300. The molecule has 6 nitrogen and oxygen atoms in total. The first-order valence-electron chi connectivity index (χ1n) is 9.40. The predicted molar refractivity (Wildman–Crippen MR) is 126 cm³/mol. The van der Waals surface area contributed by atoms with Gasteiger partial charge in [-0.15, -0.1) is 11.3 Å². The van der Waals surface area contributed by atoms with E-state index in [-0.39, 0.29) is 5.91 Å². The minimum Gasteiger partial charge on any atom is -0.321 e. The van der Waals surface area contributed by atoms with Crippen molar-refractivity contribution in [3.05, 3.63) is 89.8 Å². The number of nitrogens with one attached hydrogen (secondary N) is 2. The Hall–Kier alpha value is -3.49. The molecule has 0 aliphatic carbocycles. The summed E-state index contributed by atoms with van der Waals surface area (Å²) in [4.78, 5) is 18.4. The number of nitrogens with zero attached hydrogens (tertiary/aromatic N) is 1. The quantitative estimate of drug-likeness (QED) is 0.429. The molecule has 0 bridgehead atoms. The number of anilines is 2. The van der Waals surface area contributed by atoms with Gasteiger partial charge < -0.3 is 5.32 Å². The first-order chi connectivity index (χ1) is 14.9. The van der Waals surface area contributed by atoms with Crippen LogP contribution in [0.25, 0.3) is 21.8 Å². The molecule has 3 aromatic carbocycles. The molecular weight excluding hydrogens is 430 g/mol. The molecule has 156 valence electrons. The summed E-state index contributed by atoms with van der Waals surface area (Å²) in [6, 6.07) is 25.8. The summed E-state index contributed by atoms with van der Waals surface area (Å²) in [6.45, 7) is 0. The molecule has 0 aliphatic heterocycles. The standard InChI is InChI=1S/C23H19N3O3S2/c1-31(28,29)26-19-14-12-18(13-15-19)24-22(27)21-20(16-8-4-2-5-9-16)25-23(30-21)17-10-6-3-7-11-17/h2-15,26H,1H3,(H,24,27). The lowest BCUT2D eigenvalue weighted by atomic mass is 10.1. The van der Waals surface area contributed by atoms with Gasteiger partial charge in [0, 0.05) is 22.5 Å². The molecule has 1 heterocycles. The molecule has 0 radical (unpaired) electrons. The topological polar surface area (TPSA) is 88.2 Å². The monoisotopic (exact) mass is 449 g/mol. The van der Waals surface area contributed by atoms with Gasteiger partial charge in [-0.3, -0.25) is 9.52 Å². The van der Waals surface area contributed by atoms with Crippen LogP contribution in [-0.4, -0.2) is 25.6 Å². The lowest BCUT2D eigenvalue weighted by molar-refractivity contribution is 0.103. The predicted octanol–water partition coefficient (Wildman–Crippen LogP) is 5.10. The van der Waals surface area contributed by atoms with E-state index in [2.05, 4.69) is 10.0 Å². The molecule has 0 atom stereocenters. The molecule has 0 saturated heterocycles. The van der Waals surface area contributed by atoms with Crippen molar-refractivity contribution in [2.24, 2.45) is 0 Å². The number of carbonyl (C=O) groups excluding carboxylic acids is 1. The maximum absolute atomic E-state index is 13.1. The summed E-state index contributed by atoms with van der Waals surface area (Å²) in [5.74, 6) is -0.276. The van der Waals surface area contributed by atoms with Crippen LogP contribution in [0.2, 0.25) is 0 Å². The van der Waals surface area contributed by atoms with Crippen LogP contribution in [0.4, 0.5) is 11.4 Å². The Kier molecular flexibility index (Phi) is 5.83. The van der Waals surface area contributed by atoms with Gasteiger partial charge >= 0.3 is 0 Å². The van der Waals surface area contributed by atoms with Gasteiger partial charge in [-0.25, -0.2) is 13.4 Å². The van der Waals surface area contributed by atoms with Gasteiger partial charge in [-0.05, 0) is 24.3 Å². The van der Waals surface area contributed by atoms with E-state index in [1.54, 1.807) is 24.3 Å². The number of hydrogen-bond donors (Lipinski definition) is 2. The van der Waals surface area contributed by atoms with E-state index < -0.39 is 10.0 Å². The molecule has 2 N–H and O–H groups in total. The van der Waals surface area contributed by atoms with E-state index in [1.807, 2.05) is 60.7 Å². The van der Waals surface area contributed by atoms with Gasteiger partial charge in [0.05, 0.1) is 11.9 Å². The normalized spacial score (nSPS) is 11.1. The highest BCUT2D eigenvalue weighted by molar-refractivity contribution is 7.92. The molecule has 4 aromatic rings. The van der Waals surface area contributed by atoms with Crippen molar-refractivity contribution in [2.45, 2.75) is 0 Å². The van der Waals surface area contributed by atoms with E-state index in [4.69, 9.17) is 4.98 Å². The van der Waals surface area contributed by atoms with Crippen LogP contribution in [0.1, 0.15) is 9.67 Å². The van der Waals surface area contributed by atoms with Gasteiger partial charge in [0.2, 0.25) is 10.0 Å². The molecule has 0 fully saturated rings. The summed E-state index contributed by atoms with van der Waals surface area (Å²) in [5, 5.41) is 3.64. The maximum Gasteiger partial charge on any atom is 0.268 e. The van der Waals surface area contributed by atoms with Crippen molar-refractivity contribution in [3.63, 3.8) is 0 Å². The average Bonchev–Trinajstić information content (AvgIpc) is 3.21. The van der Waals surface area contributed by atoms with E-state index >= 15 is 0 Å². The second-order valence-corrected chi connectivity index (χ2v) is 9.58. The summed E-state index contributed by atoms with van der Waals surface area (Å²) < 4.78 is 25.1. The van der Waals surface area contributed by atoms with Gasteiger partial charge in [0.25, 0.3) is 5.91 Å². The zero-order chi connectivity index (χ0) is 21.8. The summed E-state index contributed by atoms with van der Waals surface area (Å²) in [7, 11) is -3.36. The lowest BCUT2D eigenvalue weighted by Crippen LogP contribution is -2.12. The Morgan fingerprint density at radius 1 is 0.806 bits per heavy atom. The minimum absolute atomic E-state index is 0.276. The number of carbonyl (C=O) groups is 1. The second-order valence-electron chi connectivity index (χ2n) is 6.83. The Morgan fingerprint density at radius 2 is 1.35 bits per heavy atom. The smallest absolute Gasteiger partial charge is 0.268 e. The van der Waals surface area contributed by atoms with Crippen molar-refractivity contribution >= 4 is 38.6 Å². The molecular formula is C23H19N3O3S2. The third-order valence-electron chi connectivity index (χ3n) is 4.35. The first-order valence-corrected chi connectivity index (χ1v) is 12.1. The Labute approximate surface area is 184 Å². The fraction of sp³-hybridized carbons (Fsp3) is 0.0435. The van der Waals surface area contributed by atoms with Crippen molar-refractivity contribution in [1.82, 2.24) is 4.98 Å².